The Balaban J connectivity index is 2.84. The maximum absolute atomic E-state index is 11.8. The predicted octanol–water partition coefficient (Wildman–Crippen LogP) is 2.44. The van der Waals surface area contributed by atoms with E-state index in [1.54, 1.807) is 19.1 Å². The summed E-state index contributed by atoms with van der Waals surface area (Å²) in [6.07, 6.45) is 0.578. The van der Waals surface area contributed by atoms with Gasteiger partial charge in [-0.05, 0) is 37.6 Å². The number of benzene rings is 1. The number of carboxylic acid groups (broad SMARTS) is 1. The molecule has 0 amide bonds. The van der Waals surface area contributed by atoms with Gasteiger partial charge in [-0.2, -0.15) is 0 Å². The summed E-state index contributed by atoms with van der Waals surface area (Å²) in [6.45, 7) is 3.41. The fourth-order valence-corrected chi connectivity index (χ4v) is 3.49. The first kappa shape index (κ1) is 15.0. The molecule has 4 nitrogen and oxygen atoms in total. The molecule has 0 aliphatic heterocycles. The van der Waals surface area contributed by atoms with Crippen LogP contribution in [-0.2, 0) is 14.6 Å². The van der Waals surface area contributed by atoms with Crippen LogP contribution in [0.3, 0.4) is 0 Å². The molecule has 1 N–H and O–H groups in total. The standard InChI is InChI=1S/C12H16O4S2/c1-3-8-18(15,16)11-6-4-10(5-7-11)17-9(2)12(13)14/h4-7,9H,3,8H2,1-2H3,(H,13,14). The van der Waals surface area contributed by atoms with Crippen molar-refractivity contribution in [2.45, 2.75) is 35.3 Å². The molecule has 6 heteroatoms. The molecule has 0 spiro atoms. The van der Waals surface area contributed by atoms with Gasteiger partial charge < -0.3 is 5.11 Å². The Morgan fingerprint density at radius 2 is 1.89 bits per heavy atom. The lowest BCUT2D eigenvalue weighted by Gasteiger charge is -2.07. The highest BCUT2D eigenvalue weighted by Crippen LogP contribution is 2.25. The number of hydrogen-bond acceptors (Lipinski definition) is 4. The minimum absolute atomic E-state index is 0.130. The zero-order chi connectivity index (χ0) is 13.8. The minimum Gasteiger partial charge on any atom is -0.480 e. The summed E-state index contributed by atoms with van der Waals surface area (Å²) >= 11 is 1.19. The predicted molar refractivity (Wildman–Crippen MR) is 71.7 cm³/mol. The summed E-state index contributed by atoms with van der Waals surface area (Å²) in [5.74, 6) is -0.756. The van der Waals surface area contributed by atoms with Crippen LogP contribution in [0.25, 0.3) is 0 Å². The van der Waals surface area contributed by atoms with Gasteiger partial charge in [0.2, 0.25) is 0 Å². The van der Waals surface area contributed by atoms with E-state index in [1.807, 2.05) is 6.92 Å². The Morgan fingerprint density at radius 3 is 2.33 bits per heavy atom. The molecule has 0 radical (unpaired) electrons. The molecule has 18 heavy (non-hydrogen) atoms. The summed E-state index contributed by atoms with van der Waals surface area (Å²) in [5.41, 5.74) is 0. The van der Waals surface area contributed by atoms with E-state index in [1.165, 1.54) is 23.9 Å². The second-order valence-corrected chi connectivity index (χ2v) is 7.41. The second-order valence-electron chi connectivity index (χ2n) is 3.89. The Hall–Kier alpha value is -1.01. The van der Waals surface area contributed by atoms with Gasteiger partial charge in [-0.1, -0.05) is 6.92 Å². The lowest BCUT2D eigenvalue weighted by Crippen LogP contribution is -2.11. The second kappa shape index (κ2) is 6.24. The van der Waals surface area contributed by atoms with Crippen LogP contribution in [0.1, 0.15) is 20.3 Å². The SMILES string of the molecule is CCCS(=O)(=O)c1ccc(SC(C)C(=O)O)cc1. The largest absolute Gasteiger partial charge is 0.480 e. The van der Waals surface area contributed by atoms with E-state index in [0.29, 0.717) is 6.42 Å². The van der Waals surface area contributed by atoms with Crippen LogP contribution in [0, 0.1) is 0 Å². The van der Waals surface area contributed by atoms with E-state index in [2.05, 4.69) is 0 Å². The van der Waals surface area contributed by atoms with Crippen LogP contribution in [0.4, 0.5) is 0 Å². The molecule has 0 fully saturated rings. The molecule has 0 aromatic heterocycles. The third-order valence-electron chi connectivity index (χ3n) is 2.32. The highest BCUT2D eigenvalue weighted by Gasteiger charge is 2.15. The van der Waals surface area contributed by atoms with Crippen molar-refractivity contribution < 1.29 is 18.3 Å². The van der Waals surface area contributed by atoms with Crippen molar-refractivity contribution in [3.63, 3.8) is 0 Å². The first-order valence-corrected chi connectivity index (χ1v) is 8.12. The normalized spacial score (nSPS) is 13.2. The lowest BCUT2D eigenvalue weighted by atomic mass is 10.4. The van der Waals surface area contributed by atoms with Gasteiger partial charge in [0.05, 0.1) is 10.6 Å². The molecule has 0 saturated heterocycles. The Morgan fingerprint density at radius 1 is 1.33 bits per heavy atom. The maximum atomic E-state index is 11.8. The highest BCUT2D eigenvalue weighted by molar-refractivity contribution is 8.00. The molecule has 1 unspecified atom stereocenters. The highest BCUT2D eigenvalue weighted by atomic mass is 32.2. The molecular formula is C12H16O4S2. The Labute approximate surface area is 111 Å². The Kier molecular flexibility index (Phi) is 5.22. The summed E-state index contributed by atoms with van der Waals surface area (Å²) in [4.78, 5) is 11.7. The van der Waals surface area contributed by atoms with Gasteiger partial charge in [0.25, 0.3) is 0 Å². The number of hydrogen-bond donors (Lipinski definition) is 1. The van der Waals surface area contributed by atoms with Gasteiger partial charge in [0.1, 0.15) is 5.25 Å². The quantitative estimate of drug-likeness (QED) is 0.814. The third-order valence-corrected chi connectivity index (χ3v) is 5.35. The summed E-state index contributed by atoms with van der Waals surface area (Å²) in [6, 6.07) is 6.35. The Bertz CT molecular complexity index is 505. The maximum Gasteiger partial charge on any atom is 0.316 e. The summed E-state index contributed by atoms with van der Waals surface area (Å²) < 4.78 is 23.5. The van der Waals surface area contributed by atoms with Crippen LogP contribution in [0.2, 0.25) is 0 Å². The molecule has 0 aliphatic carbocycles. The van der Waals surface area contributed by atoms with Crippen molar-refractivity contribution in [2.24, 2.45) is 0 Å². The van der Waals surface area contributed by atoms with Crippen molar-refractivity contribution in [2.75, 3.05) is 5.75 Å². The molecule has 0 saturated carbocycles. The van der Waals surface area contributed by atoms with E-state index in [0.717, 1.165) is 4.90 Å². The number of carbonyl (C=O) groups is 1. The third kappa shape index (κ3) is 4.03. The van der Waals surface area contributed by atoms with Gasteiger partial charge in [-0.15, -0.1) is 11.8 Å². The fourth-order valence-electron chi connectivity index (χ4n) is 1.37. The van der Waals surface area contributed by atoms with Crippen LogP contribution in [0.5, 0.6) is 0 Å². The van der Waals surface area contributed by atoms with Crippen LogP contribution in [0.15, 0.2) is 34.1 Å². The molecule has 0 aliphatic rings. The van der Waals surface area contributed by atoms with Crippen molar-refractivity contribution in [3.8, 4) is 0 Å². The minimum atomic E-state index is -3.20. The average molecular weight is 288 g/mol. The molecule has 0 bridgehead atoms. The van der Waals surface area contributed by atoms with Crippen LogP contribution >= 0.6 is 11.8 Å². The molecular weight excluding hydrogens is 272 g/mol. The van der Waals surface area contributed by atoms with Crippen LogP contribution < -0.4 is 0 Å². The van der Waals surface area contributed by atoms with Gasteiger partial charge in [0, 0.05) is 4.90 Å². The van der Waals surface area contributed by atoms with Gasteiger partial charge in [0.15, 0.2) is 9.84 Å². The van der Waals surface area contributed by atoms with Gasteiger partial charge in [-0.3, -0.25) is 4.79 Å². The van der Waals surface area contributed by atoms with Gasteiger partial charge in [-0.25, -0.2) is 8.42 Å². The molecule has 1 aromatic rings. The fraction of sp³-hybridized carbons (Fsp3) is 0.417. The number of sulfone groups is 1. The number of rotatable bonds is 6. The zero-order valence-electron chi connectivity index (χ0n) is 10.3. The number of aliphatic carboxylic acids is 1. The topological polar surface area (TPSA) is 71.4 Å². The van der Waals surface area contributed by atoms with Crippen molar-refractivity contribution >= 4 is 27.6 Å². The van der Waals surface area contributed by atoms with E-state index in [9.17, 15) is 13.2 Å². The summed E-state index contributed by atoms with van der Waals surface area (Å²) in [5, 5.41) is 8.23. The monoisotopic (exact) mass is 288 g/mol. The smallest absolute Gasteiger partial charge is 0.316 e. The first-order chi connectivity index (χ1) is 8.36. The van der Waals surface area contributed by atoms with E-state index in [4.69, 9.17) is 5.11 Å². The van der Waals surface area contributed by atoms with Crippen molar-refractivity contribution in [3.05, 3.63) is 24.3 Å². The lowest BCUT2D eigenvalue weighted by molar-refractivity contribution is -0.136. The molecule has 100 valence electrons. The molecule has 1 aromatic carbocycles. The average Bonchev–Trinajstić information content (AvgIpc) is 2.29. The zero-order valence-corrected chi connectivity index (χ0v) is 11.9. The van der Waals surface area contributed by atoms with E-state index < -0.39 is 21.1 Å². The summed E-state index contributed by atoms with van der Waals surface area (Å²) in [7, 11) is -3.20. The van der Waals surface area contributed by atoms with E-state index in [-0.39, 0.29) is 10.6 Å². The first-order valence-electron chi connectivity index (χ1n) is 5.59. The number of thioether (sulfide) groups is 1. The number of carboxylic acids is 1. The van der Waals surface area contributed by atoms with E-state index >= 15 is 0 Å². The van der Waals surface area contributed by atoms with Crippen molar-refractivity contribution in [1.82, 2.24) is 0 Å². The molecule has 0 heterocycles. The van der Waals surface area contributed by atoms with Crippen molar-refractivity contribution in [1.29, 1.82) is 0 Å². The van der Waals surface area contributed by atoms with Gasteiger partial charge >= 0.3 is 5.97 Å². The van der Waals surface area contributed by atoms with Crippen LogP contribution in [-0.4, -0.2) is 30.5 Å². The molecule has 1 rings (SSSR count). The molecule has 1 atom stereocenters.